The van der Waals surface area contributed by atoms with Crippen LogP contribution >= 0.6 is 11.8 Å². The second-order valence-electron chi connectivity index (χ2n) is 6.18. The van der Waals surface area contributed by atoms with Crippen LogP contribution in [0.1, 0.15) is 46.0 Å². The molecular formula is C15H30N2S. The van der Waals surface area contributed by atoms with Crippen molar-refractivity contribution < 1.29 is 0 Å². The van der Waals surface area contributed by atoms with Crippen LogP contribution in [0.5, 0.6) is 0 Å². The molecule has 1 unspecified atom stereocenters. The molecule has 0 spiro atoms. The normalized spacial score (nSPS) is 26.8. The lowest BCUT2D eigenvalue weighted by Gasteiger charge is -2.42. The fourth-order valence-corrected chi connectivity index (χ4v) is 4.23. The van der Waals surface area contributed by atoms with Crippen molar-refractivity contribution in [3.63, 3.8) is 0 Å². The molecule has 1 saturated carbocycles. The minimum absolute atomic E-state index is 0.582. The van der Waals surface area contributed by atoms with Crippen molar-refractivity contribution in [2.24, 2.45) is 5.92 Å². The van der Waals surface area contributed by atoms with E-state index in [4.69, 9.17) is 0 Å². The van der Waals surface area contributed by atoms with E-state index < -0.39 is 0 Å². The van der Waals surface area contributed by atoms with Gasteiger partial charge in [0.1, 0.15) is 0 Å². The van der Waals surface area contributed by atoms with Gasteiger partial charge in [0, 0.05) is 17.3 Å². The summed E-state index contributed by atoms with van der Waals surface area (Å²) in [6.45, 7) is 9.74. The minimum Gasteiger partial charge on any atom is -0.313 e. The number of nitrogens with zero attached hydrogens (tertiary/aromatic N) is 1. The van der Waals surface area contributed by atoms with Gasteiger partial charge in [-0.2, -0.15) is 11.8 Å². The van der Waals surface area contributed by atoms with Gasteiger partial charge in [0.15, 0.2) is 0 Å². The lowest BCUT2D eigenvalue weighted by molar-refractivity contribution is 0.165. The average Bonchev–Trinajstić information content (AvgIpc) is 2.38. The summed E-state index contributed by atoms with van der Waals surface area (Å²) in [7, 11) is 0. The number of hydrogen-bond donors (Lipinski definition) is 1. The van der Waals surface area contributed by atoms with Crippen molar-refractivity contribution >= 4 is 11.8 Å². The zero-order chi connectivity index (χ0) is 13.0. The van der Waals surface area contributed by atoms with Gasteiger partial charge >= 0.3 is 0 Å². The van der Waals surface area contributed by atoms with Crippen LogP contribution < -0.4 is 5.32 Å². The van der Waals surface area contributed by atoms with Crippen molar-refractivity contribution in [2.45, 2.75) is 56.7 Å². The molecule has 0 aromatic heterocycles. The fraction of sp³-hybridized carbons (Fsp3) is 1.00. The molecule has 3 heteroatoms. The third kappa shape index (κ3) is 3.43. The van der Waals surface area contributed by atoms with Crippen molar-refractivity contribution in [3.05, 3.63) is 0 Å². The Kier molecular flexibility index (Phi) is 5.40. The van der Waals surface area contributed by atoms with Gasteiger partial charge < -0.3 is 10.2 Å². The van der Waals surface area contributed by atoms with Gasteiger partial charge in [-0.15, -0.1) is 0 Å². The van der Waals surface area contributed by atoms with Crippen LogP contribution in [0.3, 0.4) is 0 Å². The molecule has 1 atom stereocenters. The lowest BCUT2D eigenvalue weighted by atomic mass is 9.83. The molecular weight excluding hydrogens is 240 g/mol. The molecule has 1 N–H and O–H groups in total. The van der Waals surface area contributed by atoms with Gasteiger partial charge in [-0.25, -0.2) is 0 Å². The summed E-state index contributed by atoms with van der Waals surface area (Å²) in [6, 6.07) is 0.702. The van der Waals surface area contributed by atoms with E-state index in [1.807, 2.05) is 0 Å². The van der Waals surface area contributed by atoms with Crippen LogP contribution in [-0.2, 0) is 0 Å². The number of likely N-dealkylation sites (tertiary alicyclic amines) is 1. The van der Waals surface area contributed by atoms with Gasteiger partial charge in [0.05, 0.1) is 0 Å². The number of nitrogens with one attached hydrogen (secondary N) is 1. The molecule has 0 aromatic carbocycles. The summed E-state index contributed by atoms with van der Waals surface area (Å²) >= 11 is 2.08. The molecule has 2 rings (SSSR count). The maximum atomic E-state index is 3.84. The van der Waals surface area contributed by atoms with Gasteiger partial charge in [-0.05, 0) is 64.4 Å². The maximum Gasteiger partial charge on any atom is 0.0281 e. The molecule has 2 nitrogen and oxygen atoms in total. The lowest BCUT2D eigenvalue weighted by Crippen LogP contribution is -2.49. The van der Waals surface area contributed by atoms with Crippen molar-refractivity contribution in [1.29, 1.82) is 0 Å². The highest BCUT2D eigenvalue weighted by molar-refractivity contribution is 8.00. The largest absolute Gasteiger partial charge is 0.313 e. The minimum atomic E-state index is 0.582. The maximum absolute atomic E-state index is 3.84. The van der Waals surface area contributed by atoms with E-state index >= 15 is 0 Å². The second kappa shape index (κ2) is 6.62. The summed E-state index contributed by atoms with van der Waals surface area (Å²) in [5.74, 6) is 0.895. The monoisotopic (exact) mass is 270 g/mol. The quantitative estimate of drug-likeness (QED) is 0.799. The van der Waals surface area contributed by atoms with E-state index in [1.165, 1.54) is 58.3 Å². The molecule has 18 heavy (non-hydrogen) atoms. The summed E-state index contributed by atoms with van der Waals surface area (Å²) in [5.41, 5.74) is 0. The molecule has 0 radical (unpaired) electrons. The summed E-state index contributed by atoms with van der Waals surface area (Å²) in [5, 5.41) is 3.84. The number of thioether (sulfide) groups is 1. The Balaban J connectivity index is 1.70. The smallest absolute Gasteiger partial charge is 0.0281 e. The van der Waals surface area contributed by atoms with Crippen LogP contribution in [0.2, 0.25) is 0 Å². The van der Waals surface area contributed by atoms with E-state index in [2.05, 4.69) is 42.1 Å². The molecule has 0 aromatic rings. The summed E-state index contributed by atoms with van der Waals surface area (Å²) < 4.78 is 0.582. The van der Waals surface area contributed by atoms with Crippen LogP contribution in [0.4, 0.5) is 0 Å². The average molecular weight is 270 g/mol. The molecule has 1 aliphatic heterocycles. The number of hydrogen-bond acceptors (Lipinski definition) is 3. The zero-order valence-corrected chi connectivity index (χ0v) is 13.2. The Labute approximate surface area is 117 Å². The van der Waals surface area contributed by atoms with E-state index in [0.717, 1.165) is 5.92 Å². The highest BCUT2D eigenvalue weighted by atomic mass is 32.2. The van der Waals surface area contributed by atoms with Crippen LogP contribution in [0, 0.1) is 5.92 Å². The van der Waals surface area contributed by atoms with E-state index in [0.29, 0.717) is 10.8 Å². The molecule has 2 aliphatic rings. The third-order valence-corrected chi connectivity index (χ3v) is 6.65. The molecule has 1 saturated heterocycles. The fourth-order valence-electron chi connectivity index (χ4n) is 3.31. The number of piperidine rings is 1. The topological polar surface area (TPSA) is 15.3 Å². The standard InChI is InChI=1S/C15H30N2S/c1-4-17-10-6-14(7-11-17)13(2)16-12-15(18-3)8-5-9-15/h13-14,16H,4-12H2,1-3H3. The SMILES string of the molecule is CCN1CCC(C(C)NCC2(SC)CCC2)CC1. The first kappa shape index (κ1) is 14.7. The van der Waals surface area contributed by atoms with Crippen LogP contribution in [-0.4, -0.2) is 48.1 Å². The van der Waals surface area contributed by atoms with Crippen LogP contribution in [0.15, 0.2) is 0 Å². The Morgan fingerprint density at radius 2 is 2.00 bits per heavy atom. The van der Waals surface area contributed by atoms with E-state index in [1.54, 1.807) is 0 Å². The predicted octanol–water partition coefficient (Wildman–Crippen LogP) is 2.98. The summed E-state index contributed by atoms with van der Waals surface area (Å²) in [6.07, 6.45) is 9.32. The molecule has 0 bridgehead atoms. The summed E-state index contributed by atoms with van der Waals surface area (Å²) in [4.78, 5) is 2.58. The van der Waals surface area contributed by atoms with Crippen molar-refractivity contribution in [2.75, 3.05) is 32.4 Å². The Morgan fingerprint density at radius 3 is 2.44 bits per heavy atom. The Hall–Kier alpha value is 0.270. The predicted molar refractivity (Wildman–Crippen MR) is 82.4 cm³/mol. The molecule has 2 fully saturated rings. The van der Waals surface area contributed by atoms with Crippen LogP contribution in [0.25, 0.3) is 0 Å². The number of rotatable bonds is 6. The molecule has 1 aliphatic carbocycles. The molecule has 1 heterocycles. The Bertz CT molecular complexity index is 239. The highest BCUT2D eigenvalue weighted by Crippen LogP contribution is 2.42. The zero-order valence-electron chi connectivity index (χ0n) is 12.4. The van der Waals surface area contributed by atoms with Crippen molar-refractivity contribution in [3.8, 4) is 0 Å². The van der Waals surface area contributed by atoms with Gasteiger partial charge in [-0.1, -0.05) is 13.3 Å². The molecule has 106 valence electrons. The third-order valence-electron chi connectivity index (χ3n) is 5.23. The van der Waals surface area contributed by atoms with Gasteiger partial charge in [-0.3, -0.25) is 0 Å². The second-order valence-corrected chi connectivity index (χ2v) is 7.46. The first-order valence-electron chi connectivity index (χ1n) is 7.70. The first-order valence-corrected chi connectivity index (χ1v) is 8.92. The Morgan fingerprint density at radius 1 is 1.33 bits per heavy atom. The van der Waals surface area contributed by atoms with E-state index in [-0.39, 0.29) is 0 Å². The first-order chi connectivity index (χ1) is 8.69. The highest BCUT2D eigenvalue weighted by Gasteiger charge is 2.36. The van der Waals surface area contributed by atoms with Crippen molar-refractivity contribution in [1.82, 2.24) is 10.2 Å². The molecule has 0 amide bonds. The van der Waals surface area contributed by atoms with Gasteiger partial charge in [0.2, 0.25) is 0 Å². The van der Waals surface area contributed by atoms with Gasteiger partial charge in [0.25, 0.3) is 0 Å². The van der Waals surface area contributed by atoms with E-state index in [9.17, 15) is 0 Å².